The molecule has 2 aromatic rings. The van der Waals surface area contributed by atoms with Gasteiger partial charge in [-0.15, -0.1) is 23.7 Å². The normalized spacial score (nSPS) is 23.5. The van der Waals surface area contributed by atoms with E-state index in [0.717, 1.165) is 29.2 Å². The molecule has 3 heterocycles. The first kappa shape index (κ1) is 19.8. The minimum absolute atomic E-state index is 0. The minimum atomic E-state index is -0.437. The van der Waals surface area contributed by atoms with Crippen LogP contribution in [0.1, 0.15) is 36.8 Å². The fraction of sp³-hybridized carbons (Fsp3) is 0.438. The maximum absolute atomic E-state index is 6.64. The molecule has 0 amide bonds. The fourth-order valence-corrected chi connectivity index (χ4v) is 5.31. The van der Waals surface area contributed by atoms with E-state index in [9.17, 15) is 0 Å². The first-order valence-electron chi connectivity index (χ1n) is 7.59. The van der Waals surface area contributed by atoms with Crippen LogP contribution in [0.15, 0.2) is 28.5 Å². The Balaban J connectivity index is 0.00000208. The Kier molecular flexibility index (Phi) is 6.45. The molecule has 132 valence electrons. The number of hydrogen-bond acceptors (Lipinski definition) is 6. The topological polar surface area (TPSA) is 77.0 Å². The minimum Gasteiger partial charge on any atom is -0.379 e. The van der Waals surface area contributed by atoms with Gasteiger partial charge < -0.3 is 16.8 Å². The highest BCUT2D eigenvalue weighted by molar-refractivity contribution is 8.01. The van der Waals surface area contributed by atoms with Gasteiger partial charge in [0, 0.05) is 23.4 Å². The molecular formula is C16H22Cl2N4S2. The lowest BCUT2D eigenvalue weighted by Crippen LogP contribution is -2.43. The lowest BCUT2D eigenvalue weighted by Gasteiger charge is -2.29. The molecule has 3 atom stereocenters. The summed E-state index contributed by atoms with van der Waals surface area (Å²) in [5.74, 6) is 0.106. The van der Waals surface area contributed by atoms with Crippen molar-refractivity contribution in [2.45, 2.75) is 48.5 Å². The standard InChI is InChI=1S/C16H21ClN4S2.ClH/c1-9(18)7-16(19)10(2)14-15(23-16)12(6-13(17)21-14)20-8-11-4-3-5-22-11;/h3-6,9-10H,7-8,18-19H2,1-2H3,(H,20,21);1H/t9-,10?,16?;/m0./s1. The predicted molar refractivity (Wildman–Crippen MR) is 108 cm³/mol. The number of hydrogen-bond donors (Lipinski definition) is 3. The lowest BCUT2D eigenvalue weighted by molar-refractivity contribution is 0.448. The number of aromatic nitrogens is 1. The molecule has 0 aliphatic carbocycles. The highest BCUT2D eigenvalue weighted by Crippen LogP contribution is 2.54. The van der Waals surface area contributed by atoms with E-state index in [1.54, 1.807) is 23.1 Å². The highest BCUT2D eigenvalue weighted by Gasteiger charge is 2.44. The van der Waals surface area contributed by atoms with E-state index in [-0.39, 0.29) is 24.4 Å². The summed E-state index contributed by atoms with van der Waals surface area (Å²) < 4.78 is 0. The zero-order valence-corrected chi connectivity index (χ0v) is 16.8. The summed E-state index contributed by atoms with van der Waals surface area (Å²) in [7, 11) is 0. The van der Waals surface area contributed by atoms with Gasteiger partial charge in [0.25, 0.3) is 0 Å². The molecule has 0 radical (unpaired) electrons. The van der Waals surface area contributed by atoms with Crippen LogP contribution < -0.4 is 16.8 Å². The predicted octanol–water partition coefficient (Wildman–Crippen LogP) is 4.43. The molecule has 4 nitrogen and oxygen atoms in total. The van der Waals surface area contributed by atoms with Crippen LogP contribution >= 0.6 is 47.1 Å². The number of thiophene rings is 1. The third-order valence-electron chi connectivity index (χ3n) is 4.08. The molecule has 1 aliphatic heterocycles. The highest BCUT2D eigenvalue weighted by atomic mass is 35.5. The summed E-state index contributed by atoms with van der Waals surface area (Å²) in [6.07, 6.45) is 0.733. The zero-order chi connectivity index (χ0) is 16.6. The van der Waals surface area contributed by atoms with Gasteiger partial charge in [0.1, 0.15) is 5.15 Å². The molecule has 0 spiro atoms. The van der Waals surface area contributed by atoms with E-state index < -0.39 is 4.87 Å². The molecule has 2 unspecified atom stereocenters. The maximum atomic E-state index is 6.64. The molecule has 3 rings (SSSR count). The average Bonchev–Trinajstić information content (AvgIpc) is 3.05. The second-order valence-electron chi connectivity index (χ2n) is 6.10. The molecule has 8 heteroatoms. The Morgan fingerprint density at radius 2 is 2.25 bits per heavy atom. The van der Waals surface area contributed by atoms with Crippen molar-refractivity contribution in [1.29, 1.82) is 0 Å². The van der Waals surface area contributed by atoms with Gasteiger partial charge in [-0.3, -0.25) is 0 Å². The Labute approximate surface area is 162 Å². The van der Waals surface area contributed by atoms with Gasteiger partial charge in [-0.1, -0.05) is 36.4 Å². The molecule has 0 bridgehead atoms. The second kappa shape index (κ2) is 7.81. The molecule has 1 aliphatic rings. The zero-order valence-electron chi connectivity index (χ0n) is 13.6. The molecule has 0 saturated carbocycles. The van der Waals surface area contributed by atoms with Gasteiger partial charge in [-0.05, 0) is 30.9 Å². The summed E-state index contributed by atoms with van der Waals surface area (Å²) in [6.45, 7) is 4.86. The molecule has 24 heavy (non-hydrogen) atoms. The molecule has 5 N–H and O–H groups in total. The van der Waals surface area contributed by atoms with Gasteiger partial charge >= 0.3 is 0 Å². The summed E-state index contributed by atoms with van der Waals surface area (Å²) >= 11 is 9.62. The number of nitrogens with zero attached hydrogens (tertiary/aromatic N) is 1. The third-order valence-corrected chi connectivity index (χ3v) is 6.68. The van der Waals surface area contributed by atoms with Crippen molar-refractivity contribution in [3.05, 3.63) is 39.3 Å². The van der Waals surface area contributed by atoms with Crippen LogP contribution in [0.25, 0.3) is 0 Å². The van der Waals surface area contributed by atoms with Gasteiger partial charge in [-0.2, -0.15) is 0 Å². The van der Waals surface area contributed by atoms with Gasteiger partial charge in [0.2, 0.25) is 0 Å². The number of pyridine rings is 1. The van der Waals surface area contributed by atoms with E-state index in [1.807, 2.05) is 13.0 Å². The Hall–Kier alpha value is -0.500. The van der Waals surface area contributed by atoms with Crippen molar-refractivity contribution in [1.82, 2.24) is 4.98 Å². The number of thioether (sulfide) groups is 1. The molecule has 2 aromatic heterocycles. The number of nitrogens with two attached hydrogens (primary N) is 2. The van der Waals surface area contributed by atoms with E-state index in [0.29, 0.717) is 5.15 Å². The van der Waals surface area contributed by atoms with Crippen LogP contribution in [0.4, 0.5) is 5.69 Å². The summed E-state index contributed by atoms with van der Waals surface area (Å²) in [5.41, 5.74) is 14.6. The van der Waals surface area contributed by atoms with Crippen LogP contribution in [0.5, 0.6) is 0 Å². The Morgan fingerprint density at radius 1 is 1.50 bits per heavy atom. The quantitative estimate of drug-likeness (QED) is 0.642. The number of nitrogens with one attached hydrogen (secondary N) is 1. The first-order chi connectivity index (χ1) is 10.9. The van der Waals surface area contributed by atoms with Crippen LogP contribution in [0, 0.1) is 0 Å². The van der Waals surface area contributed by atoms with Gasteiger partial charge in [0.15, 0.2) is 0 Å². The maximum Gasteiger partial charge on any atom is 0.131 e. The van der Waals surface area contributed by atoms with Gasteiger partial charge in [0.05, 0.1) is 21.1 Å². The van der Waals surface area contributed by atoms with E-state index in [4.69, 9.17) is 23.1 Å². The largest absolute Gasteiger partial charge is 0.379 e. The number of fused-ring (bicyclic) bond motifs is 1. The lowest BCUT2D eigenvalue weighted by atomic mass is 9.93. The van der Waals surface area contributed by atoms with Crippen molar-refractivity contribution in [2.24, 2.45) is 11.5 Å². The third kappa shape index (κ3) is 4.00. The SMILES string of the molecule is CC1c2nc(Cl)cc(NCc3cccs3)c2SC1(N)C[C@H](C)N.Cl. The van der Waals surface area contributed by atoms with Crippen molar-refractivity contribution in [3.63, 3.8) is 0 Å². The molecule has 0 aromatic carbocycles. The van der Waals surface area contributed by atoms with E-state index in [1.165, 1.54) is 4.88 Å². The summed E-state index contributed by atoms with van der Waals surface area (Å²) in [5, 5.41) is 6.05. The Bertz CT molecular complexity index is 694. The fourth-order valence-electron chi connectivity index (χ4n) is 2.88. The summed E-state index contributed by atoms with van der Waals surface area (Å²) in [6, 6.07) is 6.09. The molecule has 0 fully saturated rings. The summed E-state index contributed by atoms with van der Waals surface area (Å²) in [4.78, 5) is 6.47. The van der Waals surface area contributed by atoms with E-state index >= 15 is 0 Å². The van der Waals surface area contributed by atoms with Crippen LogP contribution in [-0.4, -0.2) is 15.9 Å². The van der Waals surface area contributed by atoms with Crippen molar-refractivity contribution in [3.8, 4) is 0 Å². The van der Waals surface area contributed by atoms with Crippen molar-refractivity contribution >= 4 is 52.8 Å². The van der Waals surface area contributed by atoms with Gasteiger partial charge in [-0.25, -0.2) is 4.98 Å². The number of anilines is 1. The first-order valence-corrected chi connectivity index (χ1v) is 9.66. The molecular weight excluding hydrogens is 383 g/mol. The van der Waals surface area contributed by atoms with Crippen molar-refractivity contribution in [2.75, 3.05) is 5.32 Å². The van der Waals surface area contributed by atoms with Crippen molar-refractivity contribution < 1.29 is 0 Å². The second-order valence-corrected chi connectivity index (χ2v) is 8.89. The van der Waals surface area contributed by atoms with Crippen LogP contribution in [0.3, 0.4) is 0 Å². The average molecular weight is 405 g/mol. The monoisotopic (exact) mass is 404 g/mol. The van der Waals surface area contributed by atoms with Crippen LogP contribution in [0.2, 0.25) is 5.15 Å². The Morgan fingerprint density at radius 3 is 2.88 bits per heavy atom. The smallest absolute Gasteiger partial charge is 0.131 e. The number of rotatable bonds is 5. The van der Waals surface area contributed by atoms with Crippen LogP contribution in [-0.2, 0) is 6.54 Å². The molecule has 0 saturated heterocycles. The van der Waals surface area contributed by atoms with E-state index in [2.05, 4.69) is 34.7 Å². The number of halogens is 2.